The molecule has 4 nitrogen and oxygen atoms in total. The molecule has 2 heterocycles. The van der Waals surface area contributed by atoms with E-state index in [1.54, 1.807) is 7.05 Å². The summed E-state index contributed by atoms with van der Waals surface area (Å²) < 4.78 is 6.52. The van der Waals surface area contributed by atoms with Crippen molar-refractivity contribution in [2.45, 2.75) is 50.0 Å². The molecule has 1 spiro atoms. The van der Waals surface area contributed by atoms with Crippen molar-refractivity contribution in [2.24, 2.45) is 5.92 Å². The zero-order valence-corrected chi connectivity index (χ0v) is 14.6. The summed E-state index contributed by atoms with van der Waals surface area (Å²) in [6, 6.07) is 8.29. The van der Waals surface area contributed by atoms with Crippen LogP contribution >= 0.6 is 0 Å². The normalized spacial score (nSPS) is 25.8. The van der Waals surface area contributed by atoms with Crippen LogP contribution in [0, 0.1) is 5.92 Å². The molecule has 1 saturated heterocycles. The lowest BCUT2D eigenvalue weighted by Gasteiger charge is -2.47. The first-order valence-corrected chi connectivity index (χ1v) is 9.38. The second-order valence-corrected chi connectivity index (χ2v) is 7.85. The maximum absolute atomic E-state index is 12.0. The summed E-state index contributed by atoms with van der Waals surface area (Å²) in [4.78, 5) is 14.6. The fourth-order valence-electron chi connectivity index (χ4n) is 4.37. The Labute approximate surface area is 144 Å². The number of fused-ring (bicyclic) bond motifs is 1. The molecule has 1 amide bonds. The van der Waals surface area contributed by atoms with Gasteiger partial charge in [-0.25, -0.2) is 0 Å². The molecular formula is C20H28N2O2. The van der Waals surface area contributed by atoms with Crippen molar-refractivity contribution in [1.82, 2.24) is 10.2 Å². The van der Waals surface area contributed by atoms with E-state index < -0.39 is 0 Å². The molecule has 2 aliphatic heterocycles. The number of piperidine rings is 1. The molecule has 4 rings (SSSR count). The molecule has 0 aromatic heterocycles. The monoisotopic (exact) mass is 328 g/mol. The summed E-state index contributed by atoms with van der Waals surface area (Å²) >= 11 is 0. The van der Waals surface area contributed by atoms with Gasteiger partial charge in [-0.2, -0.15) is 0 Å². The quantitative estimate of drug-likeness (QED) is 0.924. The zero-order valence-electron chi connectivity index (χ0n) is 14.6. The van der Waals surface area contributed by atoms with Crippen LogP contribution < -0.4 is 10.1 Å². The third-order valence-electron chi connectivity index (χ3n) is 5.99. The van der Waals surface area contributed by atoms with Crippen LogP contribution in [0.3, 0.4) is 0 Å². The van der Waals surface area contributed by atoms with Crippen molar-refractivity contribution in [3.05, 3.63) is 29.8 Å². The summed E-state index contributed by atoms with van der Waals surface area (Å²) in [5, 5.41) is 2.78. The Morgan fingerprint density at radius 1 is 1.29 bits per heavy atom. The Kier molecular flexibility index (Phi) is 4.25. The number of nitrogens with one attached hydrogen (secondary N) is 1. The number of hydrogen-bond donors (Lipinski definition) is 1. The Bertz CT molecular complexity index is 603. The maximum atomic E-state index is 12.0. The van der Waals surface area contributed by atoms with E-state index in [9.17, 15) is 4.79 Å². The number of benzene rings is 1. The molecular weight excluding hydrogens is 300 g/mol. The molecule has 24 heavy (non-hydrogen) atoms. The van der Waals surface area contributed by atoms with E-state index in [0.717, 1.165) is 44.0 Å². The van der Waals surface area contributed by atoms with Gasteiger partial charge < -0.3 is 15.0 Å². The Hall–Kier alpha value is -1.55. The Morgan fingerprint density at radius 2 is 2.04 bits per heavy atom. The number of likely N-dealkylation sites (tertiary alicyclic amines) is 1. The molecule has 1 aliphatic carbocycles. The number of rotatable bonds is 4. The number of carbonyl (C=O) groups excluding carboxylic acids is 1. The van der Waals surface area contributed by atoms with Crippen LogP contribution in [0.4, 0.5) is 0 Å². The van der Waals surface area contributed by atoms with Gasteiger partial charge in [-0.15, -0.1) is 0 Å². The number of hydrogen-bond acceptors (Lipinski definition) is 3. The first kappa shape index (κ1) is 15.9. The van der Waals surface area contributed by atoms with Gasteiger partial charge in [0.15, 0.2) is 0 Å². The fourth-order valence-corrected chi connectivity index (χ4v) is 4.37. The highest BCUT2D eigenvalue weighted by atomic mass is 16.5. The minimum Gasteiger partial charge on any atom is -0.487 e. The molecule has 130 valence electrons. The van der Waals surface area contributed by atoms with E-state index in [4.69, 9.17) is 4.74 Å². The SMILES string of the molecule is CNC(=O)C[C@@H]1CC2(CCN(CC3CC3)CC2)Oc2ccccc21. The number of para-hydroxylation sites is 1. The van der Waals surface area contributed by atoms with Crippen molar-refractivity contribution in [3.8, 4) is 5.75 Å². The molecule has 1 aromatic carbocycles. The molecule has 0 bridgehead atoms. The third kappa shape index (κ3) is 3.30. The van der Waals surface area contributed by atoms with E-state index in [1.165, 1.54) is 24.9 Å². The molecule has 0 unspecified atom stereocenters. The van der Waals surface area contributed by atoms with E-state index in [-0.39, 0.29) is 17.4 Å². The van der Waals surface area contributed by atoms with Gasteiger partial charge in [0.2, 0.25) is 5.91 Å². The number of nitrogens with zero attached hydrogens (tertiary/aromatic N) is 1. The van der Waals surface area contributed by atoms with Crippen molar-refractivity contribution in [1.29, 1.82) is 0 Å². The van der Waals surface area contributed by atoms with Gasteiger partial charge >= 0.3 is 0 Å². The highest BCUT2D eigenvalue weighted by Gasteiger charge is 2.44. The first-order valence-electron chi connectivity index (χ1n) is 9.38. The van der Waals surface area contributed by atoms with Crippen LogP contribution in [0.15, 0.2) is 24.3 Å². The summed E-state index contributed by atoms with van der Waals surface area (Å²) in [5.74, 6) is 2.34. The van der Waals surface area contributed by atoms with Crippen molar-refractivity contribution in [3.63, 3.8) is 0 Å². The topological polar surface area (TPSA) is 41.6 Å². The minimum absolute atomic E-state index is 0.0763. The van der Waals surface area contributed by atoms with Gasteiger partial charge in [0.05, 0.1) is 0 Å². The lowest BCUT2D eigenvalue weighted by molar-refractivity contribution is -0.121. The Balaban J connectivity index is 1.49. The zero-order chi connectivity index (χ0) is 16.6. The number of ether oxygens (including phenoxy) is 1. The van der Waals surface area contributed by atoms with Crippen molar-refractivity contribution in [2.75, 3.05) is 26.7 Å². The predicted molar refractivity (Wildman–Crippen MR) is 94.2 cm³/mol. The third-order valence-corrected chi connectivity index (χ3v) is 5.99. The molecule has 3 aliphatic rings. The number of carbonyl (C=O) groups is 1. The summed E-state index contributed by atoms with van der Waals surface area (Å²) in [6.45, 7) is 3.53. The molecule has 1 atom stereocenters. The lowest BCUT2D eigenvalue weighted by Crippen LogP contribution is -2.51. The van der Waals surface area contributed by atoms with Crippen LogP contribution in [-0.2, 0) is 4.79 Å². The average molecular weight is 328 g/mol. The fraction of sp³-hybridized carbons (Fsp3) is 0.650. The van der Waals surface area contributed by atoms with Gasteiger partial charge in [0.25, 0.3) is 0 Å². The van der Waals surface area contributed by atoms with E-state index in [2.05, 4.69) is 28.4 Å². The van der Waals surface area contributed by atoms with E-state index in [1.807, 2.05) is 6.07 Å². The molecule has 1 saturated carbocycles. The van der Waals surface area contributed by atoms with Crippen molar-refractivity contribution >= 4 is 5.91 Å². The van der Waals surface area contributed by atoms with Gasteiger partial charge in [0.1, 0.15) is 11.4 Å². The second-order valence-electron chi connectivity index (χ2n) is 7.85. The highest BCUT2D eigenvalue weighted by molar-refractivity contribution is 5.76. The maximum Gasteiger partial charge on any atom is 0.220 e. The smallest absolute Gasteiger partial charge is 0.220 e. The highest BCUT2D eigenvalue weighted by Crippen LogP contribution is 2.46. The van der Waals surface area contributed by atoms with Gasteiger partial charge in [-0.1, -0.05) is 18.2 Å². The average Bonchev–Trinajstić information content (AvgIpc) is 3.41. The van der Waals surface area contributed by atoms with Gasteiger partial charge in [0, 0.05) is 39.0 Å². The molecule has 1 N–H and O–H groups in total. The van der Waals surface area contributed by atoms with Gasteiger partial charge in [-0.05, 0) is 49.7 Å². The van der Waals surface area contributed by atoms with Gasteiger partial charge in [-0.3, -0.25) is 4.79 Å². The van der Waals surface area contributed by atoms with E-state index in [0.29, 0.717) is 6.42 Å². The van der Waals surface area contributed by atoms with Crippen LogP contribution in [0.5, 0.6) is 5.75 Å². The molecule has 1 aromatic rings. The molecule has 2 fully saturated rings. The summed E-state index contributed by atoms with van der Waals surface area (Å²) in [7, 11) is 1.72. The Morgan fingerprint density at radius 3 is 2.75 bits per heavy atom. The minimum atomic E-state index is -0.0763. The van der Waals surface area contributed by atoms with Crippen LogP contribution in [0.2, 0.25) is 0 Å². The summed E-state index contributed by atoms with van der Waals surface area (Å²) in [5.41, 5.74) is 1.12. The van der Waals surface area contributed by atoms with Crippen LogP contribution in [0.25, 0.3) is 0 Å². The lowest BCUT2D eigenvalue weighted by atomic mass is 9.76. The van der Waals surface area contributed by atoms with Crippen molar-refractivity contribution < 1.29 is 9.53 Å². The number of amides is 1. The first-order chi connectivity index (χ1) is 11.7. The van der Waals surface area contributed by atoms with E-state index >= 15 is 0 Å². The largest absolute Gasteiger partial charge is 0.487 e. The summed E-state index contributed by atoms with van der Waals surface area (Å²) in [6.07, 6.45) is 6.52. The second kappa shape index (κ2) is 6.40. The predicted octanol–water partition coefficient (Wildman–Crippen LogP) is 2.93. The molecule has 4 heteroatoms. The molecule has 0 radical (unpaired) electrons. The standard InChI is InChI=1S/C20H28N2O2/c1-21-19(23)12-16-13-20(24-18-5-3-2-4-17(16)18)8-10-22(11-9-20)14-15-6-7-15/h2-5,15-16H,6-14H2,1H3,(H,21,23)/t16-/m1/s1. The van der Waals surface area contributed by atoms with Crippen LogP contribution in [0.1, 0.15) is 50.0 Å². The van der Waals surface area contributed by atoms with Crippen LogP contribution in [-0.4, -0.2) is 43.1 Å².